The number of carbonyl (C=O) groups is 3. The van der Waals surface area contributed by atoms with Crippen molar-refractivity contribution in [3.63, 3.8) is 0 Å². The van der Waals surface area contributed by atoms with Gasteiger partial charge in [0.25, 0.3) is 5.91 Å². The van der Waals surface area contributed by atoms with Gasteiger partial charge >= 0.3 is 0 Å². The molecule has 1 aromatic heterocycles. The number of methoxy groups -OCH3 is 1. The highest BCUT2D eigenvalue weighted by Crippen LogP contribution is 2.37. The molecule has 35 heavy (non-hydrogen) atoms. The van der Waals surface area contributed by atoms with Gasteiger partial charge < -0.3 is 9.64 Å². The largest absolute Gasteiger partial charge is 0.494 e. The summed E-state index contributed by atoms with van der Waals surface area (Å²) < 4.78 is 6.49. The van der Waals surface area contributed by atoms with E-state index < -0.39 is 0 Å². The molecule has 0 bridgehead atoms. The van der Waals surface area contributed by atoms with Crippen LogP contribution in [-0.4, -0.2) is 60.9 Å². The third kappa shape index (κ3) is 4.92. The van der Waals surface area contributed by atoms with Crippen LogP contribution in [0.3, 0.4) is 0 Å². The number of nitrogens with zero attached hydrogens (tertiary/aromatic N) is 4. The van der Waals surface area contributed by atoms with Gasteiger partial charge in [-0.25, -0.2) is 4.98 Å². The number of likely N-dealkylation sites (N-methyl/N-ethyl adjacent to an activating group) is 1. The zero-order valence-corrected chi connectivity index (χ0v) is 21.4. The summed E-state index contributed by atoms with van der Waals surface area (Å²) in [5.41, 5.74) is 2.78. The number of aromatic nitrogens is 1. The van der Waals surface area contributed by atoms with Crippen LogP contribution >= 0.6 is 11.3 Å². The van der Waals surface area contributed by atoms with Crippen molar-refractivity contribution >= 4 is 50.1 Å². The quantitative estimate of drug-likeness (QED) is 0.414. The van der Waals surface area contributed by atoms with E-state index >= 15 is 0 Å². The zero-order chi connectivity index (χ0) is 25.1. The number of fused-ring (bicyclic) bond motifs is 1. The predicted molar refractivity (Wildman–Crippen MR) is 139 cm³/mol. The van der Waals surface area contributed by atoms with E-state index in [-0.39, 0.29) is 30.6 Å². The van der Waals surface area contributed by atoms with Gasteiger partial charge in [0, 0.05) is 31.5 Å². The van der Waals surface area contributed by atoms with E-state index in [0.717, 1.165) is 28.9 Å². The van der Waals surface area contributed by atoms with Crippen molar-refractivity contribution in [3.05, 3.63) is 47.5 Å². The number of aryl methyl sites for hydroxylation is 1. The van der Waals surface area contributed by atoms with Crippen molar-refractivity contribution in [2.45, 2.75) is 33.6 Å². The molecule has 0 aliphatic carbocycles. The molecular weight excluding hydrogens is 464 g/mol. The minimum absolute atomic E-state index is 0.182. The lowest BCUT2D eigenvalue weighted by Gasteiger charge is -2.25. The van der Waals surface area contributed by atoms with Gasteiger partial charge in [-0.15, -0.1) is 0 Å². The van der Waals surface area contributed by atoms with E-state index in [1.807, 2.05) is 19.1 Å². The van der Waals surface area contributed by atoms with Gasteiger partial charge in [-0.1, -0.05) is 31.3 Å². The summed E-state index contributed by atoms with van der Waals surface area (Å²) in [4.78, 5) is 47.8. The molecule has 2 aromatic carbocycles. The van der Waals surface area contributed by atoms with Crippen LogP contribution in [-0.2, 0) is 9.59 Å². The second-order valence-electron chi connectivity index (χ2n) is 8.41. The molecule has 3 aromatic rings. The van der Waals surface area contributed by atoms with Crippen molar-refractivity contribution in [1.29, 1.82) is 0 Å². The summed E-state index contributed by atoms with van der Waals surface area (Å²) in [5, 5.41) is 0.610. The number of thiazole rings is 1. The van der Waals surface area contributed by atoms with Crippen LogP contribution in [0.4, 0.5) is 10.8 Å². The summed E-state index contributed by atoms with van der Waals surface area (Å²) >= 11 is 1.47. The average molecular weight is 495 g/mol. The molecule has 1 fully saturated rings. The molecule has 1 aliphatic rings. The van der Waals surface area contributed by atoms with E-state index in [4.69, 9.17) is 9.72 Å². The highest BCUT2D eigenvalue weighted by atomic mass is 32.1. The Bertz CT molecular complexity index is 1230. The van der Waals surface area contributed by atoms with Gasteiger partial charge in [0.1, 0.15) is 11.3 Å². The van der Waals surface area contributed by atoms with E-state index in [1.165, 1.54) is 16.2 Å². The van der Waals surface area contributed by atoms with Gasteiger partial charge in [-0.05, 0) is 55.9 Å². The Morgan fingerprint density at radius 2 is 1.69 bits per heavy atom. The first-order chi connectivity index (χ1) is 16.9. The molecule has 0 saturated carbocycles. The molecule has 0 N–H and O–H groups in total. The molecule has 0 unspecified atom stereocenters. The average Bonchev–Trinajstić information content (AvgIpc) is 3.46. The van der Waals surface area contributed by atoms with Gasteiger partial charge in [0.15, 0.2) is 5.13 Å². The molecule has 2 heterocycles. The zero-order valence-electron chi connectivity index (χ0n) is 20.5. The molecule has 1 aliphatic heterocycles. The van der Waals surface area contributed by atoms with Crippen LogP contribution in [0.5, 0.6) is 5.75 Å². The predicted octanol–water partition coefficient (Wildman–Crippen LogP) is 4.26. The third-order valence-electron chi connectivity index (χ3n) is 6.35. The van der Waals surface area contributed by atoms with Crippen LogP contribution in [0.1, 0.15) is 42.6 Å². The Morgan fingerprint density at radius 1 is 1.03 bits per heavy atom. The number of benzene rings is 2. The van der Waals surface area contributed by atoms with Gasteiger partial charge in [0.2, 0.25) is 11.8 Å². The fourth-order valence-corrected chi connectivity index (χ4v) is 5.29. The topological polar surface area (TPSA) is 83.0 Å². The maximum Gasteiger partial charge on any atom is 0.260 e. The number of hydrogen-bond acceptors (Lipinski definition) is 7. The van der Waals surface area contributed by atoms with Crippen LogP contribution in [0.2, 0.25) is 0 Å². The highest BCUT2D eigenvalue weighted by Gasteiger charge is 2.30. The lowest BCUT2D eigenvalue weighted by Crippen LogP contribution is -2.39. The number of anilines is 2. The van der Waals surface area contributed by atoms with Crippen molar-refractivity contribution in [2.24, 2.45) is 0 Å². The van der Waals surface area contributed by atoms with E-state index in [0.29, 0.717) is 35.2 Å². The molecule has 3 amide bonds. The molecule has 1 saturated heterocycles. The van der Waals surface area contributed by atoms with Crippen molar-refractivity contribution < 1.29 is 19.1 Å². The molecular formula is C26H30N4O4S. The summed E-state index contributed by atoms with van der Waals surface area (Å²) in [6.45, 7) is 9.18. The maximum atomic E-state index is 13.7. The van der Waals surface area contributed by atoms with E-state index in [2.05, 4.69) is 18.7 Å². The Kier molecular flexibility index (Phi) is 7.47. The standard InChI is InChI=1S/C26H30N4O4S/c1-5-28(6-2)15-16-29(26-27-23-20(34-4)12-7-17(3)24(23)35-26)25(33)18-8-10-19(11-9-18)30-21(31)13-14-22(30)32/h7-12H,5-6,13-16H2,1-4H3. The molecule has 8 nitrogen and oxygen atoms in total. The Hall–Kier alpha value is -3.30. The fraction of sp³-hybridized carbons (Fsp3) is 0.385. The minimum Gasteiger partial charge on any atom is -0.494 e. The number of rotatable bonds is 9. The first-order valence-corrected chi connectivity index (χ1v) is 12.6. The van der Waals surface area contributed by atoms with Gasteiger partial charge in [-0.3, -0.25) is 24.2 Å². The van der Waals surface area contributed by atoms with E-state index in [9.17, 15) is 14.4 Å². The highest BCUT2D eigenvalue weighted by molar-refractivity contribution is 7.22. The van der Waals surface area contributed by atoms with Crippen molar-refractivity contribution in [1.82, 2.24) is 9.88 Å². The lowest BCUT2D eigenvalue weighted by molar-refractivity contribution is -0.121. The first-order valence-electron chi connectivity index (χ1n) is 11.8. The molecule has 0 atom stereocenters. The van der Waals surface area contributed by atoms with Gasteiger partial charge in [-0.2, -0.15) is 0 Å². The maximum absolute atomic E-state index is 13.7. The molecule has 9 heteroatoms. The number of hydrogen-bond donors (Lipinski definition) is 0. The van der Waals surface area contributed by atoms with E-state index in [1.54, 1.807) is 36.3 Å². The third-order valence-corrected chi connectivity index (χ3v) is 7.56. The Labute approximate surface area is 209 Å². The number of ether oxygens (including phenoxy) is 1. The monoisotopic (exact) mass is 494 g/mol. The smallest absolute Gasteiger partial charge is 0.260 e. The van der Waals surface area contributed by atoms with Crippen LogP contribution < -0.4 is 14.5 Å². The minimum atomic E-state index is -0.214. The number of imide groups is 1. The van der Waals surface area contributed by atoms with Crippen LogP contribution in [0.25, 0.3) is 10.2 Å². The second-order valence-corrected chi connectivity index (χ2v) is 9.39. The Morgan fingerprint density at radius 3 is 2.29 bits per heavy atom. The van der Waals surface area contributed by atoms with Crippen LogP contribution in [0, 0.1) is 6.92 Å². The molecule has 0 radical (unpaired) electrons. The molecule has 4 rings (SSSR count). The van der Waals surface area contributed by atoms with Gasteiger partial charge in [0.05, 0.1) is 17.5 Å². The first kappa shape index (κ1) is 24.8. The summed E-state index contributed by atoms with van der Waals surface area (Å²) in [6.07, 6.45) is 0.443. The lowest BCUT2D eigenvalue weighted by atomic mass is 10.1. The van der Waals surface area contributed by atoms with Crippen molar-refractivity contribution in [3.8, 4) is 5.75 Å². The summed E-state index contributed by atoms with van der Waals surface area (Å²) in [6, 6.07) is 10.5. The number of carbonyl (C=O) groups excluding carboxylic acids is 3. The Balaban J connectivity index is 1.68. The summed E-state index contributed by atoms with van der Waals surface area (Å²) in [5.74, 6) is 0.0643. The summed E-state index contributed by atoms with van der Waals surface area (Å²) in [7, 11) is 1.61. The SMILES string of the molecule is CCN(CC)CCN(C(=O)c1ccc(N2C(=O)CCC2=O)cc1)c1nc2c(OC)ccc(C)c2s1. The second kappa shape index (κ2) is 10.5. The van der Waals surface area contributed by atoms with Crippen LogP contribution in [0.15, 0.2) is 36.4 Å². The van der Waals surface area contributed by atoms with Crippen molar-refractivity contribution in [2.75, 3.05) is 43.1 Å². The normalized spacial score (nSPS) is 13.8. The fourth-order valence-electron chi connectivity index (χ4n) is 4.22. The molecule has 184 valence electrons. The molecule has 0 spiro atoms. The number of amides is 3.